The van der Waals surface area contributed by atoms with E-state index in [-0.39, 0.29) is 12.8 Å². The number of aliphatic carboxylic acids is 1. The molecule has 0 aliphatic heterocycles. The molecule has 0 aromatic heterocycles. The number of hydrogen-bond acceptors (Lipinski definition) is 3. The molecule has 0 saturated carbocycles. The Bertz CT molecular complexity index is 500. The van der Waals surface area contributed by atoms with Crippen molar-refractivity contribution in [3.05, 3.63) is 27.7 Å². The van der Waals surface area contributed by atoms with Gasteiger partial charge in [0, 0.05) is 11.6 Å². The molecule has 1 unspecified atom stereocenters. The van der Waals surface area contributed by atoms with E-state index in [2.05, 4.69) is 0 Å². The minimum atomic E-state index is -0.902. The van der Waals surface area contributed by atoms with Crippen LogP contribution in [0.1, 0.15) is 38.4 Å². The maximum absolute atomic E-state index is 10.8. The van der Waals surface area contributed by atoms with Gasteiger partial charge in [-0.15, -0.1) is 0 Å². The van der Waals surface area contributed by atoms with Gasteiger partial charge in [-0.05, 0) is 17.9 Å². The van der Waals surface area contributed by atoms with E-state index in [0.29, 0.717) is 21.4 Å². The molecule has 6 heteroatoms. The average molecular weight is 321 g/mol. The first-order chi connectivity index (χ1) is 9.16. The van der Waals surface area contributed by atoms with Gasteiger partial charge in [0.2, 0.25) is 0 Å². The zero-order valence-corrected chi connectivity index (χ0v) is 13.1. The number of carboxylic acid groups (broad SMARTS) is 1. The van der Waals surface area contributed by atoms with Crippen molar-refractivity contribution in [2.24, 2.45) is 5.41 Å². The van der Waals surface area contributed by atoms with Gasteiger partial charge in [-0.25, -0.2) is 0 Å². The molecule has 0 aliphatic carbocycles. The van der Waals surface area contributed by atoms with E-state index in [9.17, 15) is 9.90 Å². The molecule has 112 valence electrons. The van der Waals surface area contributed by atoms with E-state index in [1.165, 1.54) is 13.2 Å². The minimum Gasteiger partial charge on any atom is -0.495 e. The highest BCUT2D eigenvalue weighted by Gasteiger charge is 2.27. The summed E-state index contributed by atoms with van der Waals surface area (Å²) in [5.41, 5.74) is -0.0861. The Morgan fingerprint density at radius 3 is 2.45 bits per heavy atom. The first-order valence-electron chi connectivity index (χ1n) is 6.09. The van der Waals surface area contributed by atoms with Crippen LogP contribution < -0.4 is 4.74 Å². The summed E-state index contributed by atoms with van der Waals surface area (Å²) < 4.78 is 5.04. The van der Waals surface area contributed by atoms with Crippen LogP contribution in [0.5, 0.6) is 5.75 Å². The zero-order valence-electron chi connectivity index (χ0n) is 11.6. The molecular weight excluding hydrogens is 303 g/mol. The lowest BCUT2D eigenvalue weighted by Gasteiger charge is -2.26. The van der Waals surface area contributed by atoms with E-state index in [1.807, 2.05) is 0 Å². The number of benzene rings is 1. The van der Waals surface area contributed by atoms with Crippen LogP contribution in [0.3, 0.4) is 0 Å². The Balaban J connectivity index is 2.95. The van der Waals surface area contributed by atoms with E-state index >= 15 is 0 Å². The van der Waals surface area contributed by atoms with Gasteiger partial charge in [0.25, 0.3) is 0 Å². The quantitative estimate of drug-likeness (QED) is 0.833. The van der Waals surface area contributed by atoms with Crippen molar-refractivity contribution in [2.75, 3.05) is 7.11 Å². The average Bonchev–Trinajstić information content (AvgIpc) is 2.28. The topological polar surface area (TPSA) is 66.8 Å². The Labute approximate surface area is 128 Å². The second-order valence-corrected chi connectivity index (χ2v) is 6.28. The fourth-order valence-corrected chi connectivity index (χ4v) is 2.60. The highest BCUT2D eigenvalue weighted by molar-refractivity contribution is 6.34. The lowest BCUT2D eigenvalue weighted by molar-refractivity contribution is -0.139. The number of aliphatic hydroxyl groups excluding tert-OH is 1. The highest BCUT2D eigenvalue weighted by Crippen LogP contribution is 2.39. The largest absolute Gasteiger partial charge is 0.495 e. The predicted molar refractivity (Wildman–Crippen MR) is 78.6 cm³/mol. The van der Waals surface area contributed by atoms with E-state index in [1.54, 1.807) is 19.9 Å². The van der Waals surface area contributed by atoms with Gasteiger partial charge in [-0.3, -0.25) is 4.79 Å². The molecule has 0 fully saturated rings. The van der Waals surface area contributed by atoms with E-state index in [0.717, 1.165) is 0 Å². The van der Waals surface area contributed by atoms with Crippen LogP contribution in [0.2, 0.25) is 10.0 Å². The first kappa shape index (κ1) is 17.1. The summed E-state index contributed by atoms with van der Waals surface area (Å²) in [4.78, 5) is 10.8. The van der Waals surface area contributed by atoms with Crippen LogP contribution in [0.25, 0.3) is 0 Å². The fraction of sp³-hybridized carbons (Fsp3) is 0.500. The van der Waals surface area contributed by atoms with Crippen LogP contribution in [0, 0.1) is 5.41 Å². The monoisotopic (exact) mass is 320 g/mol. The summed E-state index contributed by atoms with van der Waals surface area (Å²) in [6, 6.07) is 3.08. The summed E-state index contributed by atoms with van der Waals surface area (Å²) >= 11 is 12.1. The number of hydrogen-bond donors (Lipinski definition) is 2. The van der Waals surface area contributed by atoms with Crippen LogP contribution in [-0.4, -0.2) is 23.3 Å². The van der Waals surface area contributed by atoms with Gasteiger partial charge in [0.1, 0.15) is 5.75 Å². The molecule has 1 atom stereocenters. The number of ether oxygens (including phenoxy) is 1. The first-order valence-corrected chi connectivity index (χ1v) is 6.84. The van der Waals surface area contributed by atoms with E-state index in [4.69, 9.17) is 33.0 Å². The third-order valence-corrected chi connectivity index (χ3v) is 3.63. The molecule has 1 aromatic rings. The van der Waals surface area contributed by atoms with Gasteiger partial charge < -0.3 is 14.9 Å². The lowest BCUT2D eigenvalue weighted by Crippen LogP contribution is -2.20. The molecule has 1 aromatic carbocycles. The van der Waals surface area contributed by atoms with Gasteiger partial charge in [0.15, 0.2) is 0 Å². The molecule has 0 saturated heterocycles. The van der Waals surface area contributed by atoms with Gasteiger partial charge >= 0.3 is 5.97 Å². The van der Waals surface area contributed by atoms with E-state index < -0.39 is 17.5 Å². The van der Waals surface area contributed by atoms with Crippen LogP contribution in [-0.2, 0) is 4.79 Å². The standard InChI is InChI=1S/C14H18Cl2O4/c1-14(2,7-13(18)19)6-11(17)8-4-10(16)12(20-3)5-9(8)15/h4-5,11,17H,6-7H2,1-3H3,(H,18,19). The number of halogens is 2. The second kappa shape index (κ2) is 6.66. The smallest absolute Gasteiger partial charge is 0.303 e. The normalized spacial score (nSPS) is 13.1. The molecule has 0 spiro atoms. The highest BCUT2D eigenvalue weighted by atomic mass is 35.5. The van der Waals surface area contributed by atoms with Crippen molar-refractivity contribution in [2.45, 2.75) is 32.8 Å². The van der Waals surface area contributed by atoms with Crippen molar-refractivity contribution < 1.29 is 19.7 Å². The lowest BCUT2D eigenvalue weighted by atomic mass is 9.82. The number of methoxy groups -OCH3 is 1. The maximum Gasteiger partial charge on any atom is 0.303 e. The van der Waals surface area contributed by atoms with Crippen molar-refractivity contribution in [3.8, 4) is 5.75 Å². The Morgan fingerprint density at radius 2 is 1.95 bits per heavy atom. The van der Waals surface area contributed by atoms with Gasteiger partial charge in [-0.1, -0.05) is 37.0 Å². The second-order valence-electron chi connectivity index (χ2n) is 5.46. The SMILES string of the molecule is COc1cc(Cl)c(C(O)CC(C)(C)CC(=O)O)cc1Cl. The number of carboxylic acids is 1. The molecule has 0 bridgehead atoms. The zero-order chi connectivity index (χ0) is 15.5. The number of aliphatic hydroxyl groups is 1. The van der Waals surface area contributed by atoms with Crippen molar-refractivity contribution >= 4 is 29.2 Å². The maximum atomic E-state index is 10.8. The molecular formula is C14H18Cl2O4. The van der Waals surface area contributed by atoms with Crippen LogP contribution in [0.4, 0.5) is 0 Å². The molecule has 1 rings (SSSR count). The third-order valence-electron chi connectivity index (χ3n) is 3.01. The molecule has 2 N–H and O–H groups in total. The molecule has 0 radical (unpaired) electrons. The summed E-state index contributed by atoms with van der Waals surface area (Å²) in [5.74, 6) is -0.474. The van der Waals surface area contributed by atoms with Crippen LogP contribution >= 0.6 is 23.2 Å². The predicted octanol–water partition coefficient (Wildman–Crippen LogP) is 3.93. The van der Waals surface area contributed by atoms with Gasteiger partial charge in [-0.2, -0.15) is 0 Å². The Morgan fingerprint density at radius 1 is 1.35 bits per heavy atom. The Kier molecular flexibility index (Phi) is 5.68. The van der Waals surface area contributed by atoms with Crippen molar-refractivity contribution in [3.63, 3.8) is 0 Å². The molecule has 0 aliphatic rings. The fourth-order valence-electron chi connectivity index (χ4n) is 2.07. The number of rotatable bonds is 6. The van der Waals surface area contributed by atoms with Crippen molar-refractivity contribution in [1.29, 1.82) is 0 Å². The number of carbonyl (C=O) groups is 1. The molecule has 20 heavy (non-hydrogen) atoms. The van der Waals surface area contributed by atoms with Crippen LogP contribution in [0.15, 0.2) is 12.1 Å². The summed E-state index contributed by atoms with van der Waals surface area (Å²) in [5, 5.41) is 19.8. The Hall–Kier alpha value is -0.970. The third kappa shape index (κ3) is 4.54. The molecule has 0 heterocycles. The summed E-state index contributed by atoms with van der Waals surface area (Å²) in [7, 11) is 1.48. The summed E-state index contributed by atoms with van der Waals surface area (Å²) in [6.07, 6.45) is -0.659. The molecule has 0 amide bonds. The summed E-state index contributed by atoms with van der Waals surface area (Å²) in [6.45, 7) is 3.56. The van der Waals surface area contributed by atoms with Crippen molar-refractivity contribution in [1.82, 2.24) is 0 Å². The molecule has 4 nitrogen and oxygen atoms in total. The van der Waals surface area contributed by atoms with Gasteiger partial charge in [0.05, 0.1) is 29.7 Å². The minimum absolute atomic E-state index is 0.0361.